The molecule has 0 aliphatic rings. The van der Waals surface area contributed by atoms with Crippen molar-refractivity contribution in [1.82, 2.24) is 4.98 Å². The fourth-order valence-corrected chi connectivity index (χ4v) is 3.34. The second kappa shape index (κ2) is 10.2. The van der Waals surface area contributed by atoms with E-state index in [-0.39, 0.29) is 34.1 Å². The van der Waals surface area contributed by atoms with Crippen molar-refractivity contribution in [1.29, 1.82) is 0 Å². The molecule has 2 aromatic carbocycles. The van der Waals surface area contributed by atoms with Gasteiger partial charge in [-0.05, 0) is 54.5 Å². The van der Waals surface area contributed by atoms with Crippen LogP contribution in [0, 0.1) is 11.8 Å². The van der Waals surface area contributed by atoms with Crippen molar-refractivity contribution in [2.45, 2.75) is 6.36 Å². The number of methoxy groups -OCH3 is 1. The van der Waals surface area contributed by atoms with Crippen molar-refractivity contribution in [3.63, 3.8) is 0 Å². The molecule has 34 heavy (non-hydrogen) atoms. The molecular formula is C22H14F3N2O6S-. The van der Waals surface area contributed by atoms with Gasteiger partial charge in [-0.2, -0.15) is 0 Å². The van der Waals surface area contributed by atoms with E-state index < -0.39 is 29.3 Å². The molecule has 0 bridgehead atoms. The predicted octanol–water partition coefficient (Wildman–Crippen LogP) is 4.02. The van der Waals surface area contributed by atoms with Gasteiger partial charge in [-0.1, -0.05) is 18.1 Å². The van der Waals surface area contributed by atoms with Crippen molar-refractivity contribution in [2.75, 3.05) is 11.4 Å². The predicted molar refractivity (Wildman–Crippen MR) is 114 cm³/mol. The second-order valence-corrected chi connectivity index (χ2v) is 7.21. The fraction of sp³-hybridized carbons (Fsp3) is 0.0909. The van der Waals surface area contributed by atoms with E-state index in [1.165, 1.54) is 49.6 Å². The highest BCUT2D eigenvalue weighted by Crippen LogP contribution is 2.34. The Bertz CT molecular complexity index is 1300. The van der Waals surface area contributed by atoms with Crippen LogP contribution < -0.4 is 13.8 Å². The maximum absolute atomic E-state index is 12.4. The van der Waals surface area contributed by atoms with E-state index in [0.29, 0.717) is 0 Å². The molecule has 8 nitrogen and oxygen atoms in total. The summed E-state index contributed by atoms with van der Waals surface area (Å²) < 4.78 is 71.0. The average molecular weight is 491 g/mol. The molecular weight excluding hydrogens is 477 g/mol. The molecule has 1 atom stereocenters. The highest BCUT2D eigenvalue weighted by molar-refractivity contribution is 7.81. The highest BCUT2D eigenvalue weighted by Gasteiger charge is 2.31. The minimum Gasteiger partial charge on any atom is -0.755 e. The number of alkyl halides is 3. The van der Waals surface area contributed by atoms with Gasteiger partial charge in [0.1, 0.15) is 23.0 Å². The lowest BCUT2D eigenvalue weighted by atomic mass is 10.2. The van der Waals surface area contributed by atoms with Crippen molar-refractivity contribution in [2.24, 2.45) is 0 Å². The maximum atomic E-state index is 12.4. The number of nitrogens with zero attached hydrogens (tertiary/aromatic N) is 2. The summed E-state index contributed by atoms with van der Waals surface area (Å²) in [5.41, 5.74) is 0.234. The van der Waals surface area contributed by atoms with Gasteiger partial charge in [-0.15, -0.1) is 13.2 Å². The second-order valence-electron chi connectivity index (χ2n) is 6.41. The van der Waals surface area contributed by atoms with E-state index in [2.05, 4.69) is 21.6 Å². The smallest absolute Gasteiger partial charge is 0.573 e. The molecule has 0 spiro atoms. The molecule has 3 aromatic rings. The molecule has 0 radical (unpaired) electrons. The molecule has 176 valence electrons. The van der Waals surface area contributed by atoms with Gasteiger partial charge < -0.3 is 19.1 Å². The fourth-order valence-electron chi connectivity index (χ4n) is 2.77. The summed E-state index contributed by atoms with van der Waals surface area (Å²) in [7, 11) is 1.25. The van der Waals surface area contributed by atoms with Crippen LogP contribution in [0.4, 0.5) is 24.7 Å². The molecule has 0 saturated heterocycles. The first kappa shape index (κ1) is 24.6. The summed E-state index contributed by atoms with van der Waals surface area (Å²) in [6, 6.07) is 13.0. The number of pyridine rings is 1. The standard InChI is InChI=1S/C22H15F3N2O6S/c1-32-19-13-15(21(28)29)9-11-18(19)27(34(30)31)20-7-3-5-16(26-20)10-8-14-4-2-6-17(12-14)33-22(23,24)25/h2-7,9,11-13H,1H3,(H,28,29)(H,30,31)/p-1. The average Bonchev–Trinajstić information content (AvgIpc) is 2.77. The lowest BCUT2D eigenvalue weighted by Crippen LogP contribution is -2.21. The van der Waals surface area contributed by atoms with Crippen LogP contribution in [0.25, 0.3) is 0 Å². The number of anilines is 2. The summed E-state index contributed by atoms with van der Waals surface area (Å²) in [5, 5.41) is 9.14. The quantitative estimate of drug-likeness (QED) is 0.409. The monoisotopic (exact) mass is 491 g/mol. The summed E-state index contributed by atoms with van der Waals surface area (Å²) in [6.07, 6.45) is -4.84. The van der Waals surface area contributed by atoms with Gasteiger partial charge in [0.15, 0.2) is 0 Å². The zero-order chi connectivity index (χ0) is 24.9. The van der Waals surface area contributed by atoms with E-state index in [9.17, 15) is 26.7 Å². The molecule has 1 N–H and O–H groups in total. The van der Waals surface area contributed by atoms with Crippen molar-refractivity contribution in [3.8, 4) is 23.3 Å². The molecule has 12 heteroatoms. The van der Waals surface area contributed by atoms with Gasteiger partial charge in [0.05, 0.1) is 29.6 Å². The van der Waals surface area contributed by atoms with E-state index in [0.717, 1.165) is 22.5 Å². The first-order chi connectivity index (χ1) is 16.1. The minimum atomic E-state index is -4.84. The SMILES string of the molecule is COc1cc(C(=O)O)ccc1N(c1cccc(C#Cc2cccc(OC(F)(F)F)c2)n1)S(=O)[O-]. The molecule has 3 rings (SSSR count). The van der Waals surface area contributed by atoms with Gasteiger partial charge >= 0.3 is 12.3 Å². The van der Waals surface area contributed by atoms with Crippen LogP contribution in [0.3, 0.4) is 0 Å². The number of halogens is 3. The normalized spacial score (nSPS) is 11.7. The number of aromatic nitrogens is 1. The van der Waals surface area contributed by atoms with Crippen molar-refractivity contribution in [3.05, 3.63) is 77.5 Å². The lowest BCUT2D eigenvalue weighted by Gasteiger charge is -2.27. The highest BCUT2D eigenvalue weighted by atomic mass is 32.2. The number of hydrogen-bond donors (Lipinski definition) is 1. The molecule has 0 aliphatic carbocycles. The zero-order valence-electron chi connectivity index (χ0n) is 17.2. The number of carbonyl (C=O) groups is 1. The molecule has 0 aliphatic heterocycles. The van der Waals surface area contributed by atoms with Crippen LogP contribution in [0.1, 0.15) is 21.6 Å². The Hall–Kier alpha value is -4.08. The van der Waals surface area contributed by atoms with E-state index >= 15 is 0 Å². The maximum Gasteiger partial charge on any atom is 0.573 e. The third-order valence-electron chi connectivity index (χ3n) is 4.14. The van der Waals surface area contributed by atoms with Crippen LogP contribution in [0.15, 0.2) is 60.7 Å². The number of carboxylic acids is 1. The van der Waals surface area contributed by atoms with Crippen LogP contribution in [-0.2, 0) is 11.3 Å². The molecule has 1 heterocycles. The van der Waals surface area contributed by atoms with E-state index in [1.54, 1.807) is 0 Å². The first-order valence-electron chi connectivity index (χ1n) is 9.23. The summed E-state index contributed by atoms with van der Waals surface area (Å²) in [5.74, 6) is 3.54. The van der Waals surface area contributed by atoms with Gasteiger partial charge in [-0.3, -0.25) is 8.51 Å². The third kappa shape index (κ3) is 6.25. The van der Waals surface area contributed by atoms with Crippen LogP contribution in [0.5, 0.6) is 11.5 Å². The molecule has 0 fully saturated rings. The van der Waals surface area contributed by atoms with Crippen molar-refractivity contribution < 1.29 is 41.3 Å². The van der Waals surface area contributed by atoms with Gasteiger partial charge in [0, 0.05) is 5.56 Å². The van der Waals surface area contributed by atoms with Crippen LogP contribution in [0.2, 0.25) is 0 Å². The zero-order valence-corrected chi connectivity index (χ0v) is 18.0. The Morgan fingerprint density at radius 2 is 1.85 bits per heavy atom. The van der Waals surface area contributed by atoms with Gasteiger partial charge in [0.2, 0.25) is 0 Å². The third-order valence-corrected chi connectivity index (χ3v) is 4.82. The number of benzene rings is 2. The topological polar surface area (TPSA) is 112 Å². The summed E-state index contributed by atoms with van der Waals surface area (Å²) in [6.45, 7) is 0. The lowest BCUT2D eigenvalue weighted by molar-refractivity contribution is -0.274. The summed E-state index contributed by atoms with van der Waals surface area (Å²) >= 11 is -2.87. The van der Waals surface area contributed by atoms with Gasteiger partial charge in [-0.25, -0.2) is 9.78 Å². The summed E-state index contributed by atoms with van der Waals surface area (Å²) in [4.78, 5) is 15.4. The number of rotatable bonds is 6. The molecule has 0 amide bonds. The number of hydrogen-bond acceptors (Lipinski definition) is 6. The van der Waals surface area contributed by atoms with Gasteiger partial charge in [0.25, 0.3) is 0 Å². The first-order valence-corrected chi connectivity index (χ1v) is 10.3. The Kier molecular flexibility index (Phi) is 7.40. The molecule has 1 aromatic heterocycles. The van der Waals surface area contributed by atoms with Crippen molar-refractivity contribution >= 4 is 28.7 Å². The Labute approximate surface area is 194 Å². The number of carboxylic acid groups (broad SMARTS) is 1. The van der Waals surface area contributed by atoms with Crippen LogP contribution >= 0.6 is 0 Å². The number of ether oxygens (including phenoxy) is 2. The Morgan fingerprint density at radius 1 is 1.12 bits per heavy atom. The van der Waals surface area contributed by atoms with E-state index in [4.69, 9.17) is 9.84 Å². The number of aromatic carboxylic acids is 1. The van der Waals surface area contributed by atoms with E-state index in [1.807, 2.05) is 0 Å². The van der Waals surface area contributed by atoms with Crippen LogP contribution in [-0.4, -0.2) is 38.3 Å². The largest absolute Gasteiger partial charge is 0.755 e. The molecule has 0 saturated carbocycles. The minimum absolute atomic E-state index is 0.00967. The molecule has 1 unspecified atom stereocenters. The Morgan fingerprint density at radius 3 is 2.50 bits per heavy atom. The Balaban J connectivity index is 1.95.